The maximum Gasteiger partial charge on any atom is 0.274 e. The average molecular weight is 487 g/mol. The smallest absolute Gasteiger partial charge is 0.274 e. The molecule has 0 atom stereocenters. The molecule has 0 bridgehead atoms. The van der Waals surface area contributed by atoms with Crippen LogP contribution in [-0.2, 0) is 17.7 Å². The van der Waals surface area contributed by atoms with E-state index in [2.05, 4.69) is 0 Å². The predicted molar refractivity (Wildman–Crippen MR) is 138 cm³/mol. The highest BCUT2D eigenvalue weighted by molar-refractivity contribution is 6.05. The third kappa shape index (κ3) is 3.89. The second-order valence-electron chi connectivity index (χ2n) is 8.54. The fraction of sp³-hybridized carbons (Fsp3) is 0.308. The molecule has 0 unspecified atom stereocenters. The van der Waals surface area contributed by atoms with Crippen LogP contribution < -0.4 is 5.56 Å². The number of nitro benzene ring substituents is 1. The van der Waals surface area contributed by atoms with Gasteiger partial charge in [0.1, 0.15) is 16.7 Å². The number of ether oxygens (including phenoxy) is 1. The van der Waals surface area contributed by atoms with E-state index in [0.29, 0.717) is 82.9 Å². The number of fused-ring (bicyclic) bond motifs is 4. The van der Waals surface area contributed by atoms with Crippen molar-refractivity contribution in [2.45, 2.75) is 40.2 Å². The SMILES string of the molecule is CCOCCCn1c(CC)nc2c(c1=O)c1nc3ccccc3nc1n2-c1ccc(C)c([N+](=O)[O-])c1. The summed E-state index contributed by atoms with van der Waals surface area (Å²) in [7, 11) is 0. The zero-order valence-electron chi connectivity index (χ0n) is 20.4. The van der Waals surface area contributed by atoms with Crippen molar-refractivity contribution in [2.24, 2.45) is 0 Å². The van der Waals surface area contributed by atoms with Crippen LogP contribution in [0.1, 0.15) is 31.7 Å². The second-order valence-corrected chi connectivity index (χ2v) is 8.54. The molecule has 0 amide bonds. The molecule has 0 saturated carbocycles. The van der Waals surface area contributed by atoms with Crippen molar-refractivity contribution >= 4 is 38.9 Å². The van der Waals surface area contributed by atoms with E-state index in [9.17, 15) is 14.9 Å². The lowest BCUT2D eigenvalue weighted by molar-refractivity contribution is -0.385. The van der Waals surface area contributed by atoms with E-state index in [0.717, 1.165) is 0 Å². The van der Waals surface area contributed by atoms with Crippen LogP contribution in [0.25, 0.3) is 38.9 Å². The fourth-order valence-corrected chi connectivity index (χ4v) is 4.52. The maximum absolute atomic E-state index is 13.9. The zero-order valence-corrected chi connectivity index (χ0v) is 20.4. The zero-order chi connectivity index (χ0) is 25.4. The van der Waals surface area contributed by atoms with E-state index >= 15 is 0 Å². The van der Waals surface area contributed by atoms with Crippen LogP contribution >= 0.6 is 0 Å². The summed E-state index contributed by atoms with van der Waals surface area (Å²) in [5, 5.41) is 12.0. The first kappa shape index (κ1) is 23.6. The molecule has 0 aliphatic carbocycles. The summed E-state index contributed by atoms with van der Waals surface area (Å²) in [5.41, 5.74) is 3.37. The topological polar surface area (TPSA) is 118 Å². The summed E-state index contributed by atoms with van der Waals surface area (Å²) in [6, 6.07) is 12.4. The molecular weight excluding hydrogens is 460 g/mol. The molecule has 5 rings (SSSR count). The summed E-state index contributed by atoms with van der Waals surface area (Å²) >= 11 is 0. The molecule has 0 N–H and O–H groups in total. The van der Waals surface area contributed by atoms with Gasteiger partial charge in [0.05, 0.1) is 21.6 Å². The average Bonchev–Trinajstić information content (AvgIpc) is 3.19. The lowest BCUT2D eigenvalue weighted by Gasteiger charge is -2.12. The Morgan fingerprint density at radius 3 is 2.47 bits per heavy atom. The summed E-state index contributed by atoms with van der Waals surface area (Å²) in [6.07, 6.45) is 1.21. The van der Waals surface area contributed by atoms with Crippen molar-refractivity contribution in [3.63, 3.8) is 0 Å². The maximum atomic E-state index is 13.9. The number of para-hydroxylation sites is 2. The highest BCUT2D eigenvalue weighted by Gasteiger charge is 2.24. The highest BCUT2D eigenvalue weighted by atomic mass is 16.6. The van der Waals surface area contributed by atoms with Crippen LogP contribution in [0.5, 0.6) is 0 Å². The Labute approximate surface area is 206 Å². The third-order valence-electron chi connectivity index (χ3n) is 6.28. The normalized spacial score (nSPS) is 11.6. The molecular formula is C26H26N6O4. The molecule has 10 heteroatoms. The molecule has 184 valence electrons. The number of hydrogen-bond acceptors (Lipinski definition) is 7. The molecule has 3 heterocycles. The minimum atomic E-state index is -0.413. The summed E-state index contributed by atoms with van der Waals surface area (Å²) in [5.74, 6) is 0.624. The van der Waals surface area contributed by atoms with Crippen molar-refractivity contribution in [3.05, 3.63) is 74.3 Å². The molecule has 0 fully saturated rings. The Morgan fingerprint density at radius 2 is 1.78 bits per heavy atom. The van der Waals surface area contributed by atoms with Gasteiger partial charge in [0.2, 0.25) is 0 Å². The van der Waals surface area contributed by atoms with E-state index in [4.69, 9.17) is 19.7 Å². The van der Waals surface area contributed by atoms with Crippen molar-refractivity contribution in [3.8, 4) is 5.69 Å². The lowest BCUT2D eigenvalue weighted by Crippen LogP contribution is -2.26. The highest BCUT2D eigenvalue weighted by Crippen LogP contribution is 2.31. The minimum Gasteiger partial charge on any atom is -0.382 e. The predicted octanol–water partition coefficient (Wildman–Crippen LogP) is 4.49. The van der Waals surface area contributed by atoms with Crippen molar-refractivity contribution < 1.29 is 9.66 Å². The molecule has 0 spiro atoms. The number of aryl methyl sites for hydroxylation is 2. The van der Waals surface area contributed by atoms with Gasteiger partial charge in [0.15, 0.2) is 11.3 Å². The standard InChI is InChI=1S/C26H26N6O4/c1-4-21-29-24-22(26(33)30(21)13-8-14-36-5-2)23-25(28-19-10-7-6-9-18(19)27-23)31(24)17-12-11-16(3)20(15-17)32(34)35/h6-7,9-12,15H,4-5,8,13-14H2,1-3H3. The number of nitrogens with zero attached hydrogens (tertiary/aromatic N) is 6. The van der Waals surface area contributed by atoms with E-state index in [1.807, 2.05) is 38.1 Å². The van der Waals surface area contributed by atoms with Crippen LogP contribution in [0.15, 0.2) is 47.3 Å². The molecule has 0 saturated heterocycles. The molecule has 2 aromatic carbocycles. The Bertz CT molecular complexity index is 1690. The Morgan fingerprint density at radius 1 is 1.03 bits per heavy atom. The van der Waals surface area contributed by atoms with Crippen LogP contribution in [0.2, 0.25) is 0 Å². The van der Waals surface area contributed by atoms with Gasteiger partial charge in [-0.3, -0.25) is 24.0 Å². The first-order valence-corrected chi connectivity index (χ1v) is 12.0. The van der Waals surface area contributed by atoms with Gasteiger partial charge >= 0.3 is 0 Å². The molecule has 3 aromatic heterocycles. The number of nitro groups is 1. The second kappa shape index (κ2) is 9.46. The van der Waals surface area contributed by atoms with Crippen LogP contribution in [-0.4, -0.2) is 42.2 Å². The first-order valence-electron chi connectivity index (χ1n) is 12.0. The van der Waals surface area contributed by atoms with E-state index < -0.39 is 4.92 Å². The Hall–Kier alpha value is -4.18. The van der Waals surface area contributed by atoms with Crippen LogP contribution in [0.4, 0.5) is 5.69 Å². The number of hydrogen-bond donors (Lipinski definition) is 0. The van der Waals surface area contributed by atoms with E-state index in [1.54, 1.807) is 28.2 Å². The number of benzene rings is 2. The van der Waals surface area contributed by atoms with Crippen LogP contribution in [0, 0.1) is 17.0 Å². The number of aromatic nitrogens is 5. The molecule has 0 radical (unpaired) electrons. The van der Waals surface area contributed by atoms with E-state index in [-0.39, 0.29) is 11.2 Å². The molecule has 36 heavy (non-hydrogen) atoms. The van der Waals surface area contributed by atoms with Gasteiger partial charge in [0.25, 0.3) is 11.2 Å². The van der Waals surface area contributed by atoms with Gasteiger partial charge in [-0.2, -0.15) is 0 Å². The molecule has 5 aromatic rings. The van der Waals surface area contributed by atoms with Gasteiger partial charge in [0, 0.05) is 37.8 Å². The van der Waals surface area contributed by atoms with Crippen molar-refractivity contribution in [2.75, 3.05) is 13.2 Å². The Balaban J connectivity index is 1.87. The van der Waals surface area contributed by atoms with Gasteiger partial charge < -0.3 is 4.74 Å². The fourth-order valence-electron chi connectivity index (χ4n) is 4.52. The quantitative estimate of drug-likeness (QED) is 0.180. The molecule has 0 aliphatic rings. The Kier molecular flexibility index (Phi) is 6.19. The summed E-state index contributed by atoms with van der Waals surface area (Å²) in [6.45, 7) is 7.20. The van der Waals surface area contributed by atoms with Gasteiger partial charge in [-0.05, 0) is 38.5 Å². The van der Waals surface area contributed by atoms with Crippen molar-refractivity contribution in [1.29, 1.82) is 0 Å². The van der Waals surface area contributed by atoms with Gasteiger partial charge in [-0.15, -0.1) is 0 Å². The molecule has 10 nitrogen and oxygen atoms in total. The largest absolute Gasteiger partial charge is 0.382 e. The van der Waals surface area contributed by atoms with Crippen LogP contribution in [0.3, 0.4) is 0 Å². The van der Waals surface area contributed by atoms with E-state index in [1.165, 1.54) is 6.07 Å². The third-order valence-corrected chi connectivity index (χ3v) is 6.28. The summed E-state index contributed by atoms with van der Waals surface area (Å²) < 4.78 is 8.85. The van der Waals surface area contributed by atoms with Gasteiger partial charge in [-0.25, -0.2) is 15.0 Å². The lowest BCUT2D eigenvalue weighted by atomic mass is 10.2. The monoisotopic (exact) mass is 486 g/mol. The van der Waals surface area contributed by atoms with Crippen molar-refractivity contribution in [1.82, 2.24) is 24.1 Å². The minimum absolute atomic E-state index is 0.0174. The first-order chi connectivity index (χ1) is 17.4. The molecule has 0 aliphatic heterocycles. The summed E-state index contributed by atoms with van der Waals surface area (Å²) in [4.78, 5) is 39.7. The van der Waals surface area contributed by atoms with Gasteiger partial charge in [-0.1, -0.05) is 25.1 Å². The number of rotatable bonds is 8.